The molecule has 0 aromatic heterocycles. The fourth-order valence-corrected chi connectivity index (χ4v) is 2.84. The van der Waals surface area contributed by atoms with Crippen LogP contribution in [0.3, 0.4) is 0 Å². The molecule has 0 heterocycles. The Morgan fingerprint density at radius 3 is 2.50 bits per heavy atom. The average molecular weight is 263 g/mol. The van der Waals surface area contributed by atoms with Crippen molar-refractivity contribution in [3.63, 3.8) is 0 Å². The molecule has 3 atom stereocenters. The maximum absolute atomic E-state index is 12.3. The average Bonchev–Trinajstić information content (AvgIpc) is 2.35. The number of likely N-dealkylation sites (N-methyl/N-ethyl adjacent to an activating group) is 1. The highest BCUT2D eigenvalue weighted by atomic mass is 19.3. The van der Waals surface area contributed by atoms with Gasteiger partial charge in [-0.15, -0.1) is 0 Å². The second-order valence-electron chi connectivity index (χ2n) is 6.01. The Bertz CT molecular complexity index is 246. The van der Waals surface area contributed by atoms with Gasteiger partial charge in [0.05, 0.1) is 6.10 Å². The molecule has 4 heteroatoms. The number of alkyl halides is 2. The standard InChI is InChI=1S/C14H27F2NO/c1-5-14(2,3)10-6-7-11(17-4)12(8-10)18-9-13(15)16/h10-13,17H,5-9H2,1-4H3. The molecular formula is C14H27F2NO. The second kappa shape index (κ2) is 6.80. The summed E-state index contributed by atoms with van der Waals surface area (Å²) < 4.78 is 30.0. The van der Waals surface area contributed by atoms with E-state index in [4.69, 9.17) is 4.74 Å². The molecule has 0 spiro atoms. The van der Waals surface area contributed by atoms with E-state index in [0.717, 1.165) is 25.7 Å². The summed E-state index contributed by atoms with van der Waals surface area (Å²) in [5.74, 6) is 0.565. The van der Waals surface area contributed by atoms with Crippen LogP contribution in [-0.4, -0.2) is 32.2 Å². The van der Waals surface area contributed by atoms with E-state index < -0.39 is 13.0 Å². The summed E-state index contributed by atoms with van der Waals surface area (Å²) in [6.45, 7) is 6.28. The molecule has 2 nitrogen and oxygen atoms in total. The van der Waals surface area contributed by atoms with Gasteiger partial charge in [0.25, 0.3) is 6.43 Å². The van der Waals surface area contributed by atoms with Crippen LogP contribution in [0.1, 0.15) is 46.5 Å². The van der Waals surface area contributed by atoms with Crippen molar-refractivity contribution in [2.45, 2.75) is 65.0 Å². The lowest BCUT2D eigenvalue weighted by molar-refractivity contribution is -0.0685. The van der Waals surface area contributed by atoms with Crippen molar-refractivity contribution in [3.05, 3.63) is 0 Å². The maximum atomic E-state index is 12.3. The number of halogens is 2. The molecule has 0 saturated heterocycles. The van der Waals surface area contributed by atoms with Crippen LogP contribution in [0.2, 0.25) is 0 Å². The van der Waals surface area contributed by atoms with Gasteiger partial charge in [0.15, 0.2) is 0 Å². The summed E-state index contributed by atoms with van der Waals surface area (Å²) >= 11 is 0. The van der Waals surface area contributed by atoms with E-state index in [-0.39, 0.29) is 17.6 Å². The minimum absolute atomic E-state index is 0.0754. The summed E-state index contributed by atoms with van der Waals surface area (Å²) in [4.78, 5) is 0. The quantitative estimate of drug-likeness (QED) is 0.792. The largest absolute Gasteiger partial charge is 0.371 e. The molecule has 18 heavy (non-hydrogen) atoms. The van der Waals surface area contributed by atoms with Gasteiger partial charge in [-0.1, -0.05) is 27.2 Å². The zero-order valence-corrected chi connectivity index (χ0v) is 12.0. The molecule has 1 aliphatic rings. The molecule has 1 N–H and O–H groups in total. The molecule has 1 rings (SSSR count). The van der Waals surface area contributed by atoms with Crippen LogP contribution in [0.15, 0.2) is 0 Å². The Hall–Kier alpha value is -0.220. The van der Waals surface area contributed by atoms with Gasteiger partial charge < -0.3 is 10.1 Å². The highest BCUT2D eigenvalue weighted by Gasteiger charge is 2.37. The molecular weight excluding hydrogens is 236 g/mol. The Morgan fingerprint density at radius 1 is 1.33 bits per heavy atom. The predicted molar refractivity (Wildman–Crippen MR) is 70.0 cm³/mol. The third-order valence-corrected chi connectivity index (χ3v) is 4.62. The van der Waals surface area contributed by atoms with E-state index in [1.807, 2.05) is 7.05 Å². The van der Waals surface area contributed by atoms with Crippen LogP contribution in [-0.2, 0) is 4.74 Å². The van der Waals surface area contributed by atoms with Gasteiger partial charge in [-0.25, -0.2) is 8.78 Å². The van der Waals surface area contributed by atoms with Gasteiger partial charge in [-0.05, 0) is 37.6 Å². The van der Waals surface area contributed by atoms with E-state index in [1.54, 1.807) is 0 Å². The minimum atomic E-state index is -2.37. The lowest BCUT2D eigenvalue weighted by Crippen LogP contribution is -2.47. The Kier molecular flexibility index (Phi) is 5.99. The van der Waals surface area contributed by atoms with Crippen LogP contribution >= 0.6 is 0 Å². The van der Waals surface area contributed by atoms with E-state index in [9.17, 15) is 8.78 Å². The van der Waals surface area contributed by atoms with Crippen molar-refractivity contribution in [2.75, 3.05) is 13.7 Å². The first kappa shape index (κ1) is 15.8. The molecule has 1 aliphatic carbocycles. The predicted octanol–water partition coefficient (Wildman–Crippen LogP) is 3.46. The molecule has 108 valence electrons. The van der Waals surface area contributed by atoms with Crippen LogP contribution in [0, 0.1) is 11.3 Å². The highest BCUT2D eigenvalue weighted by Crippen LogP contribution is 2.41. The van der Waals surface area contributed by atoms with Crippen molar-refractivity contribution in [1.29, 1.82) is 0 Å². The number of hydrogen-bond donors (Lipinski definition) is 1. The van der Waals surface area contributed by atoms with Gasteiger partial charge in [-0.2, -0.15) is 0 Å². The van der Waals surface area contributed by atoms with Crippen LogP contribution in [0.4, 0.5) is 8.78 Å². The SMILES string of the molecule is CCC(C)(C)C1CCC(NC)C(OCC(F)F)C1. The van der Waals surface area contributed by atoms with Crippen molar-refractivity contribution in [1.82, 2.24) is 5.32 Å². The van der Waals surface area contributed by atoms with Crippen molar-refractivity contribution >= 4 is 0 Å². The first-order valence-corrected chi connectivity index (χ1v) is 6.97. The molecule has 0 aromatic rings. The summed E-state index contributed by atoms with van der Waals surface area (Å²) in [7, 11) is 1.88. The Labute approximate surface area is 109 Å². The second-order valence-corrected chi connectivity index (χ2v) is 6.01. The number of ether oxygens (including phenoxy) is 1. The number of hydrogen-bond acceptors (Lipinski definition) is 2. The third-order valence-electron chi connectivity index (χ3n) is 4.62. The summed E-state index contributed by atoms with van der Waals surface area (Å²) in [5, 5.41) is 3.20. The van der Waals surface area contributed by atoms with E-state index in [2.05, 4.69) is 26.1 Å². The van der Waals surface area contributed by atoms with Crippen molar-refractivity contribution in [3.8, 4) is 0 Å². The Morgan fingerprint density at radius 2 is 2.00 bits per heavy atom. The van der Waals surface area contributed by atoms with Gasteiger partial charge in [0.1, 0.15) is 6.61 Å². The van der Waals surface area contributed by atoms with Gasteiger partial charge in [0, 0.05) is 6.04 Å². The first-order chi connectivity index (χ1) is 8.40. The lowest BCUT2D eigenvalue weighted by Gasteiger charge is -2.42. The van der Waals surface area contributed by atoms with Gasteiger partial charge in [0.2, 0.25) is 0 Å². The fourth-order valence-electron chi connectivity index (χ4n) is 2.84. The van der Waals surface area contributed by atoms with Crippen LogP contribution in [0.25, 0.3) is 0 Å². The van der Waals surface area contributed by atoms with E-state index >= 15 is 0 Å². The summed E-state index contributed by atoms with van der Waals surface area (Å²) in [6, 6.07) is 0.215. The summed E-state index contributed by atoms with van der Waals surface area (Å²) in [5.41, 5.74) is 0.269. The Balaban J connectivity index is 2.60. The monoisotopic (exact) mass is 263 g/mol. The normalized spacial score (nSPS) is 29.8. The molecule has 0 amide bonds. The third kappa shape index (κ3) is 4.16. The molecule has 3 unspecified atom stereocenters. The maximum Gasteiger partial charge on any atom is 0.261 e. The van der Waals surface area contributed by atoms with Crippen LogP contribution < -0.4 is 5.32 Å². The minimum Gasteiger partial charge on any atom is -0.371 e. The fraction of sp³-hybridized carbons (Fsp3) is 1.00. The zero-order chi connectivity index (χ0) is 13.8. The van der Waals surface area contributed by atoms with Gasteiger partial charge >= 0.3 is 0 Å². The molecule has 1 saturated carbocycles. The van der Waals surface area contributed by atoms with E-state index in [1.165, 1.54) is 0 Å². The first-order valence-electron chi connectivity index (χ1n) is 6.97. The highest BCUT2D eigenvalue weighted by molar-refractivity contribution is 4.90. The topological polar surface area (TPSA) is 21.3 Å². The van der Waals surface area contributed by atoms with Crippen LogP contribution in [0.5, 0.6) is 0 Å². The number of rotatable bonds is 6. The van der Waals surface area contributed by atoms with Crippen molar-refractivity contribution in [2.24, 2.45) is 11.3 Å². The molecule has 0 aromatic carbocycles. The smallest absolute Gasteiger partial charge is 0.261 e. The molecule has 0 radical (unpaired) electrons. The zero-order valence-electron chi connectivity index (χ0n) is 12.0. The summed E-state index contributed by atoms with van der Waals surface area (Å²) in [6.07, 6.45) is 1.72. The number of nitrogens with one attached hydrogen (secondary N) is 1. The van der Waals surface area contributed by atoms with E-state index in [0.29, 0.717) is 5.92 Å². The van der Waals surface area contributed by atoms with Crippen molar-refractivity contribution < 1.29 is 13.5 Å². The molecule has 0 aliphatic heterocycles. The van der Waals surface area contributed by atoms with Gasteiger partial charge in [-0.3, -0.25) is 0 Å². The molecule has 1 fully saturated rings. The lowest BCUT2D eigenvalue weighted by atomic mass is 9.68. The molecule has 0 bridgehead atoms.